The summed E-state index contributed by atoms with van der Waals surface area (Å²) in [6.45, 7) is 6.19. The molecule has 56 heavy (non-hydrogen) atoms. The Morgan fingerprint density at radius 3 is 1.61 bits per heavy atom. The van der Waals surface area contributed by atoms with Crippen LogP contribution in [0.25, 0.3) is 77.2 Å². The molecular weight excluding hydrogens is 677 g/mol. The molecule has 2 nitrogen and oxygen atoms in total. The fraction of sp³-hybridized carbons (Fsp3) is 0.0556. The highest BCUT2D eigenvalue weighted by Gasteiger charge is 2.31. The standard InChI is InChI=1S/C54H40N2/c1-34-17-10-13-30-48(34)56(54-35(2)18-14-27-41(54)36(3)55)40-24-15-23-39(33-40)42-31-32-47-51-43(42)28-16-29-46(51)52-49(37-19-6-4-7-20-37)44-25-11-12-26-45(44)50(53(47)52)38-21-8-5-9-22-38/h4-33,55H,1-3H3. The Morgan fingerprint density at radius 2 is 0.946 bits per heavy atom. The number of anilines is 3. The van der Waals surface area contributed by atoms with Gasteiger partial charge in [-0.25, -0.2) is 0 Å². The minimum Gasteiger partial charge on any atom is -0.309 e. The van der Waals surface area contributed by atoms with Gasteiger partial charge in [-0.1, -0.05) is 164 Å². The van der Waals surface area contributed by atoms with Crippen LogP contribution >= 0.6 is 0 Å². The van der Waals surface area contributed by atoms with Crippen LogP contribution in [-0.4, -0.2) is 5.71 Å². The number of fused-ring (bicyclic) bond motifs is 4. The van der Waals surface area contributed by atoms with Crippen LogP contribution in [0.15, 0.2) is 182 Å². The Morgan fingerprint density at radius 1 is 0.429 bits per heavy atom. The number of benzene rings is 9. The molecule has 9 aromatic rings. The Bertz CT molecular complexity index is 2920. The molecule has 0 fully saturated rings. The summed E-state index contributed by atoms with van der Waals surface area (Å²) >= 11 is 0. The molecule has 0 atom stereocenters. The van der Waals surface area contributed by atoms with E-state index in [2.05, 4.69) is 201 Å². The second-order valence-electron chi connectivity index (χ2n) is 14.9. The predicted octanol–water partition coefficient (Wildman–Crippen LogP) is 15.1. The molecule has 266 valence electrons. The van der Waals surface area contributed by atoms with E-state index >= 15 is 0 Å². The lowest BCUT2D eigenvalue weighted by atomic mass is 9.82. The van der Waals surface area contributed by atoms with Gasteiger partial charge in [-0.15, -0.1) is 0 Å². The quantitative estimate of drug-likeness (QED) is 0.163. The van der Waals surface area contributed by atoms with Crippen molar-refractivity contribution in [2.75, 3.05) is 4.90 Å². The van der Waals surface area contributed by atoms with E-state index in [1.54, 1.807) is 0 Å². The topological polar surface area (TPSA) is 27.1 Å². The molecule has 0 saturated heterocycles. The molecule has 9 aromatic carbocycles. The maximum absolute atomic E-state index is 8.77. The molecular formula is C54H40N2. The number of aryl methyl sites for hydroxylation is 2. The van der Waals surface area contributed by atoms with Gasteiger partial charge in [0.25, 0.3) is 0 Å². The van der Waals surface area contributed by atoms with Crippen molar-refractivity contribution in [3.8, 4) is 55.6 Å². The van der Waals surface area contributed by atoms with E-state index in [-0.39, 0.29) is 0 Å². The summed E-state index contributed by atoms with van der Waals surface area (Å²) in [5.74, 6) is 0. The lowest BCUT2D eigenvalue weighted by Gasteiger charge is -2.31. The molecule has 0 aliphatic heterocycles. The van der Waals surface area contributed by atoms with Crippen LogP contribution in [0.1, 0.15) is 23.6 Å². The van der Waals surface area contributed by atoms with E-state index in [1.165, 1.54) is 77.2 Å². The van der Waals surface area contributed by atoms with Crippen LogP contribution in [0.4, 0.5) is 17.1 Å². The van der Waals surface area contributed by atoms with Crippen molar-refractivity contribution in [3.63, 3.8) is 0 Å². The smallest absolute Gasteiger partial charge is 0.0581 e. The minimum atomic E-state index is 0.544. The van der Waals surface area contributed by atoms with Gasteiger partial charge in [-0.3, -0.25) is 0 Å². The molecule has 0 unspecified atom stereocenters. The summed E-state index contributed by atoms with van der Waals surface area (Å²) in [4.78, 5) is 2.35. The van der Waals surface area contributed by atoms with Gasteiger partial charge in [0.1, 0.15) is 0 Å². The van der Waals surface area contributed by atoms with Crippen molar-refractivity contribution < 1.29 is 0 Å². The summed E-state index contributed by atoms with van der Waals surface area (Å²) in [5.41, 5.74) is 19.5. The third kappa shape index (κ3) is 5.21. The van der Waals surface area contributed by atoms with E-state index in [0.29, 0.717) is 5.71 Å². The highest BCUT2D eigenvalue weighted by molar-refractivity contribution is 6.28. The summed E-state index contributed by atoms with van der Waals surface area (Å²) in [6, 6.07) is 66.1. The number of rotatable bonds is 7. The van der Waals surface area contributed by atoms with Crippen LogP contribution in [-0.2, 0) is 0 Å². The van der Waals surface area contributed by atoms with E-state index in [9.17, 15) is 0 Å². The van der Waals surface area contributed by atoms with Crippen molar-refractivity contribution in [3.05, 3.63) is 199 Å². The molecule has 0 aromatic heterocycles. The lowest BCUT2D eigenvalue weighted by molar-refractivity contribution is 1.22. The number of hydrogen-bond donors (Lipinski definition) is 1. The zero-order valence-electron chi connectivity index (χ0n) is 31.8. The number of hydrogen-bond acceptors (Lipinski definition) is 2. The Hall–Kier alpha value is -7.03. The van der Waals surface area contributed by atoms with Gasteiger partial charge in [0, 0.05) is 22.6 Å². The van der Waals surface area contributed by atoms with Gasteiger partial charge in [0.05, 0.1) is 5.69 Å². The highest BCUT2D eigenvalue weighted by Crippen LogP contribution is 2.58. The Labute approximate surface area is 328 Å². The average molecular weight is 717 g/mol. The van der Waals surface area contributed by atoms with Gasteiger partial charge < -0.3 is 10.3 Å². The Balaban J connectivity index is 1.24. The van der Waals surface area contributed by atoms with Crippen molar-refractivity contribution in [2.24, 2.45) is 0 Å². The van der Waals surface area contributed by atoms with Crippen molar-refractivity contribution in [1.29, 1.82) is 5.41 Å². The second-order valence-corrected chi connectivity index (χ2v) is 14.9. The molecule has 2 heteroatoms. The van der Waals surface area contributed by atoms with E-state index < -0.39 is 0 Å². The first kappa shape index (κ1) is 33.5. The normalized spacial score (nSPS) is 11.6. The second kappa shape index (κ2) is 13.4. The summed E-state index contributed by atoms with van der Waals surface area (Å²) < 4.78 is 0. The van der Waals surface area contributed by atoms with Crippen LogP contribution in [0, 0.1) is 19.3 Å². The molecule has 0 saturated carbocycles. The molecule has 0 radical (unpaired) electrons. The van der Waals surface area contributed by atoms with E-state index in [4.69, 9.17) is 5.41 Å². The van der Waals surface area contributed by atoms with Crippen LogP contribution in [0.5, 0.6) is 0 Å². The number of para-hydroxylation sites is 2. The third-order valence-electron chi connectivity index (χ3n) is 11.6. The van der Waals surface area contributed by atoms with Gasteiger partial charge in [-0.2, -0.15) is 0 Å². The molecule has 1 aliphatic rings. The largest absolute Gasteiger partial charge is 0.309 e. The third-order valence-corrected chi connectivity index (χ3v) is 11.6. The van der Waals surface area contributed by atoms with Crippen molar-refractivity contribution in [2.45, 2.75) is 20.8 Å². The molecule has 0 heterocycles. The summed E-state index contributed by atoms with van der Waals surface area (Å²) in [5, 5.41) is 13.8. The molecule has 1 aliphatic carbocycles. The Kier molecular flexibility index (Phi) is 8.01. The molecule has 10 rings (SSSR count). The first-order valence-electron chi connectivity index (χ1n) is 19.4. The molecule has 0 bridgehead atoms. The van der Waals surface area contributed by atoms with Gasteiger partial charge in [-0.05, 0) is 127 Å². The van der Waals surface area contributed by atoms with Gasteiger partial charge in [0.15, 0.2) is 0 Å². The van der Waals surface area contributed by atoms with Gasteiger partial charge >= 0.3 is 0 Å². The van der Waals surface area contributed by atoms with Crippen LogP contribution in [0.3, 0.4) is 0 Å². The predicted molar refractivity (Wildman–Crippen MR) is 239 cm³/mol. The number of nitrogens with one attached hydrogen (secondary N) is 1. The monoisotopic (exact) mass is 716 g/mol. The number of nitrogens with zero attached hydrogens (tertiary/aromatic N) is 1. The van der Waals surface area contributed by atoms with Crippen LogP contribution < -0.4 is 4.90 Å². The lowest BCUT2D eigenvalue weighted by Crippen LogP contribution is -2.16. The maximum atomic E-state index is 8.77. The summed E-state index contributed by atoms with van der Waals surface area (Å²) in [7, 11) is 0. The van der Waals surface area contributed by atoms with E-state index in [1.807, 2.05) is 6.92 Å². The first-order valence-corrected chi connectivity index (χ1v) is 19.4. The zero-order chi connectivity index (χ0) is 37.9. The minimum absolute atomic E-state index is 0.544. The fourth-order valence-electron chi connectivity index (χ4n) is 9.14. The van der Waals surface area contributed by atoms with Crippen molar-refractivity contribution in [1.82, 2.24) is 0 Å². The molecule has 0 spiro atoms. The fourth-order valence-corrected chi connectivity index (χ4v) is 9.14. The zero-order valence-corrected chi connectivity index (χ0v) is 31.8. The highest BCUT2D eigenvalue weighted by atomic mass is 15.1. The summed E-state index contributed by atoms with van der Waals surface area (Å²) in [6.07, 6.45) is 0. The molecule has 1 N–H and O–H groups in total. The van der Waals surface area contributed by atoms with E-state index in [0.717, 1.165) is 33.8 Å². The van der Waals surface area contributed by atoms with Crippen molar-refractivity contribution >= 4 is 44.3 Å². The first-order chi connectivity index (χ1) is 27.5. The van der Waals surface area contributed by atoms with Gasteiger partial charge in [0.2, 0.25) is 0 Å². The maximum Gasteiger partial charge on any atom is 0.0581 e. The average Bonchev–Trinajstić information content (AvgIpc) is 3.56. The molecule has 0 amide bonds. The SMILES string of the molecule is CC(=N)c1cccc(C)c1N(c1cccc(-c2ccc3c4c(cccc24)-c2c-3c(-c3ccccc3)c3ccccc3c2-c2ccccc2)c1)c1ccccc1C. The van der Waals surface area contributed by atoms with Crippen LogP contribution in [0.2, 0.25) is 0 Å².